The van der Waals surface area contributed by atoms with Gasteiger partial charge in [0.2, 0.25) is 5.91 Å². The zero-order valence-corrected chi connectivity index (χ0v) is 12.4. The van der Waals surface area contributed by atoms with Crippen LogP contribution >= 0.6 is 11.8 Å². The Labute approximate surface area is 131 Å². The molecular weight excluding hydrogens is 298 g/mol. The molecule has 0 radical (unpaired) electrons. The first-order valence-corrected chi connectivity index (χ1v) is 7.63. The molecular formula is C16H13N3O2S. The summed E-state index contributed by atoms with van der Waals surface area (Å²) in [5.41, 5.74) is 2.61. The number of benzene rings is 2. The molecule has 2 N–H and O–H groups in total. The summed E-state index contributed by atoms with van der Waals surface area (Å²) in [7, 11) is 0. The number of thioether (sulfide) groups is 1. The minimum absolute atomic E-state index is 0.0500. The van der Waals surface area contributed by atoms with Gasteiger partial charge < -0.3 is 10.4 Å². The van der Waals surface area contributed by atoms with Gasteiger partial charge in [0.15, 0.2) is 5.17 Å². The van der Waals surface area contributed by atoms with Crippen LogP contribution in [0.1, 0.15) is 5.56 Å². The lowest BCUT2D eigenvalue weighted by Crippen LogP contribution is -2.19. The van der Waals surface area contributed by atoms with Crippen LogP contribution in [0.4, 0.5) is 0 Å². The van der Waals surface area contributed by atoms with E-state index < -0.39 is 0 Å². The number of aromatic hydroxyl groups is 1. The number of carbonyl (C=O) groups excluding carboxylic acids is 1. The van der Waals surface area contributed by atoms with Crippen LogP contribution < -0.4 is 5.32 Å². The van der Waals surface area contributed by atoms with Gasteiger partial charge in [-0.3, -0.25) is 4.79 Å². The summed E-state index contributed by atoms with van der Waals surface area (Å²) in [6.45, 7) is 0. The number of para-hydroxylation sites is 1. The van der Waals surface area contributed by atoms with E-state index in [2.05, 4.69) is 15.5 Å². The first-order valence-electron chi connectivity index (χ1n) is 6.64. The summed E-state index contributed by atoms with van der Waals surface area (Å²) in [6, 6.07) is 14.8. The molecule has 0 atom stereocenters. The number of phenolic OH excluding ortho intramolecular Hbond substituents is 1. The molecule has 5 nitrogen and oxygen atoms in total. The van der Waals surface area contributed by atoms with E-state index in [4.69, 9.17) is 0 Å². The molecule has 2 aromatic rings. The maximum atomic E-state index is 11.0. The van der Waals surface area contributed by atoms with E-state index >= 15 is 0 Å². The van der Waals surface area contributed by atoms with Gasteiger partial charge in [-0.05, 0) is 17.2 Å². The van der Waals surface area contributed by atoms with E-state index in [1.54, 1.807) is 18.3 Å². The van der Waals surface area contributed by atoms with Crippen LogP contribution in [0.3, 0.4) is 0 Å². The second-order valence-corrected chi connectivity index (χ2v) is 5.59. The number of amidine groups is 1. The SMILES string of the molecule is O=C1CSC(=NN=Cc2ccc(-c3ccccc3O)cc2)N1. The minimum atomic E-state index is -0.0500. The lowest BCUT2D eigenvalue weighted by Gasteiger charge is -2.04. The van der Waals surface area contributed by atoms with Crippen LogP contribution in [0.5, 0.6) is 5.75 Å². The smallest absolute Gasteiger partial charge is 0.236 e. The van der Waals surface area contributed by atoms with Crippen LogP contribution in [-0.4, -0.2) is 28.1 Å². The summed E-state index contributed by atoms with van der Waals surface area (Å²) in [5.74, 6) is 0.596. The molecule has 0 bridgehead atoms. The Kier molecular flexibility index (Phi) is 4.20. The van der Waals surface area contributed by atoms with E-state index in [1.807, 2.05) is 36.4 Å². The van der Waals surface area contributed by atoms with Crippen LogP contribution in [0.2, 0.25) is 0 Å². The van der Waals surface area contributed by atoms with Crippen molar-refractivity contribution in [2.45, 2.75) is 0 Å². The third kappa shape index (κ3) is 3.35. The van der Waals surface area contributed by atoms with E-state index in [1.165, 1.54) is 11.8 Å². The number of hydrogen-bond acceptors (Lipinski definition) is 5. The van der Waals surface area contributed by atoms with E-state index in [9.17, 15) is 9.90 Å². The topological polar surface area (TPSA) is 74.0 Å². The van der Waals surface area contributed by atoms with Gasteiger partial charge in [-0.15, -0.1) is 5.10 Å². The third-order valence-electron chi connectivity index (χ3n) is 3.07. The first kappa shape index (κ1) is 14.3. The Morgan fingerprint density at radius 2 is 1.91 bits per heavy atom. The highest BCUT2D eigenvalue weighted by atomic mass is 32.2. The van der Waals surface area contributed by atoms with Gasteiger partial charge >= 0.3 is 0 Å². The van der Waals surface area contributed by atoms with E-state index in [0.29, 0.717) is 10.9 Å². The quantitative estimate of drug-likeness (QED) is 0.676. The molecule has 1 fully saturated rings. The molecule has 0 unspecified atom stereocenters. The van der Waals surface area contributed by atoms with Crippen molar-refractivity contribution in [3.05, 3.63) is 54.1 Å². The average molecular weight is 311 g/mol. The molecule has 0 aromatic heterocycles. The summed E-state index contributed by atoms with van der Waals surface area (Å²) < 4.78 is 0. The first-order chi connectivity index (χ1) is 10.7. The van der Waals surface area contributed by atoms with Gasteiger partial charge in [-0.25, -0.2) is 0 Å². The molecule has 0 aliphatic carbocycles. The molecule has 1 aliphatic rings. The predicted octanol–water partition coefficient (Wildman–Crippen LogP) is 2.61. The highest BCUT2D eigenvalue weighted by Crippen LogP contribution is 2.28. The Morgan fingerprint density at radius 3 is 2.59 bits per heavy atom. The number of amides is 1. The van der Waals surface area contributed by atoms with Crippen molar-refractivity contribution in [2.75, 3.05) is 5.75 Å². The third-order valence-corrected chi connectivity index (χ3v) is 3.93. The second kappa shape index (κ2) is 6.44. The van der Waals surface area contributed by atoms with Crippen LogP contribution in [0.15, 0.2) is 58.7 Å². The Bertz CT molecular complexity index is 754. The van der Waals surface area contributed by atoms with Gasteiger partial charge in [0.1, 0.15) is 5.75 Å². The van der Waals surface area contributed by atoms with Gasteiger partial charge in [-0.1, -0.05) is 54.2 Å². The molecule has 2 aromatic carbocycles. The molecule has 6 heteroatoms. The molecule has 110 valence electrons. The maximum absolute atomic E-state index is 11.0. The number of phenols is 1. The monoisotopic (exact) mass is 311 g/mol. The predicted molar refractivity (Wildman–Crippen MR) is 89.2 cm³/mol. The highest BCUT2D eigenvalue weighted by Gasteiger charge is 2.15. The maximum Gasteiger partial charge on any atom is 0.236 e. The number of carbonyl (C=O) groups is 1. The Hall–Kier alpha value is -2.60. The highest BCUT2D eigenvalue weighted by molar-refractivity contribution is 8.15. The molecule has 22 heavy (non-hydrogen) atoms. The molecule has 0 saturated carbocycles. The molecule has 3 rings (SSSR count). The van der Waals surface area contributed by atoms with Crippen LogP contribution in [0, 0.1) is 0 Å². The number of nitrogens with zero attached hydrogens (tertiary/aromatic N) is 2. The fourth-order valence-electron chi connectivity index (χ4n) is 1.99. The normalized spacial score (nSPS) is 16.4. The number of nitrogens with one attached hydrogen (secondary N) is 1. The van der Waals surface area contributed by atoms with Gasteiger partial charge in [0.05, 0.1) is 12.0 Å². The van der Waals surface area contributed by atoms with Crippen molar-refractivity contribution in [2.24, 2.45) is 10.2 Å². The zero-order valence-electron chi connectivity index (χ0n) is 11.6. The number of rotatable bonds is 3. The lowest BCUT2D eigenvalue weighted by molar-refractivity contribution is -0.116. The van der Waals surface area contributed by atoms with Crippen molar-refractivity contribution in [3.8, 4) is 16.9 Å². The van der Waals surface area contributed by atoms with Crippen molar-refractivity contribution in [3.63, 3.8) is 0 Å². The Balaban J connectivity index is 1.72. The minimum Gasteiger partial charge on any atom is -0.507 e. The van der Waals surface area contributed by atoms with Crippen LogP contribution in [-0.2, 0) is 4.79 Å². The fourth-order valence-corrected chi connectivity index (χ4v) is 2.62. The summed E-state index contributed by atoms with van der Waals surface area (Å²) >= 11 is 1.33. The van der Waals surface area contributed by atoms with Crippen molar-refractivity contribution in [1.82, 2.24) is 5.32 Å². The molecule has 1 saturated heterocycles. The Morgan fingerprint density at radius 1 is 1.14 bits per heavy atom. The fraction of sp³-hybridized carbons (Fsp3) is 0.0625. The van der Waals surface area contributed by atoms with Gasteiger partial charge in [0, 0.05) is 5.56 Å². The van der Waals surface area contributed by atoms with E-state index in [0.717, 1.165) is 16.7 Å². The lowest BCUT2D eigenvalue weighted by atomic mass is 10.0. The average Bonchev–Trinajstić information content (AvgIpc) is 2.94. The van der Waals surface area contributed by atoms with Crippen LogP contribution in [0.25, 0.3) is 11.1 Å². The molecule has 0 spiro atoms. The molecule has 1 amide bonds. The zero-order chi connectivity index (χ0) is 15.4. The molecule has 1 heterocycles. The summed E-state index contributed by atoms with van der Waals surface area (Å²) in [6.07, 6.45) is 1.62. The largest absolute Gasteiger partial charge is 0.507 e. The second-order valence-electron chi connectivity index (χ2n) is 4.63. The number of hydrogen-bond donors (Lipinski definition) is 2. The van der Waals surface area contributed by atoms with Gasteiger partial charge in [0.25, 0.3) is 0 Å². The van der Waals surface area contributed by atoms with Gasteiger partial charge in [-0.2, -0.15) is 5.10 Å². The summed E-state index contributed by atoms with van der Waals surface area (Å²) in [5, 5.41) is 20.9. The van der Waals surface area contributed by atoms with Crippen molar-refractivity contribution < 1.29 is 9.90 Å². The summed E-state index contributed by atoms with van der Waals surface area (Å²) in [4.78, 5) is 11.0. The van der Waals surface area contributed by atoms with Crippen molar-refractivity contribution >= 4 is 29.1 Å². The van der Waals surface area contributed by atoms with Crippen molar-refractivity contribution in [1.29, 1.82) is 0 Å². The molecule has 1 aliphatic heterocycles. The van der Waals surface area contributed by atoms with E-state index in [-0.39, 0.29) is 11.7 Å². The standard InChI is InChI=1S/C16H13N3O2S/c20-14-4-2-1-3-13(14)12-7-5-11(6-8-12)9-17-19-16-18-15(21)10-22-16/h1-9,20H,10H2,(H,18,19,21).